The lowest BCUT2D eigenvalue weighted by Crippen LogP contribution is -2.47. The average molecular weight is 226 g/mol. The highest BCUT2D eigenvalue weighted by Gasteiger charge is 2.25. The van der Waals surface area contributed by atoms with Gasteiger partial charge in [0.1, 0.15) is 0 Å². The smallest absolute Gasteiger partial charge is 0.0597 e. The third-order valence-corrected chi connectivity index (χ3v) is 4.09. The second-order valence-electron chi connectivity index (χ2n) is 5.44. The van der Waals surface area contributed by atoms with Gasteiger partial charge in [-0.05, 0) is 31.6 Å². The van der Waals surface area contributed by atoms with E-state index in [1.54, 1.807) is 0 Å². The molecule has 94 valence electrons. The molecule has 0 radical (unpaired) electrons. The van der Waals surface area contributed by atoms with E-state index in [0.717, 1.165) is 31.9 Å². The Morgan fingerprint density at radius 3 is 2.50 bits per heavy atom. The molecule has 1 aliphatic carbocycles. The van der Waals surface area contributed by atoms with E-state index >= 15 is 0 Å². The van der Waals surface area contributed by atoms with Crippen LogP contribution in [0.15, 0.2) is 0 Å². The van der Waals surface area contributed by atoms with Crippen LogP contribution in [-0.4, -0.2) is 43.3 Å². The number of hydrogen-bond donors (Lipinski definition) is 1. The fourth-order valence-corrected chi connectivity index (χ4v) is 2.72. The SMILES string of the molecule is CCC1CN(CCOC2CCC(N)CC2)C1. The van der Waals surface area contributed by atoms with Crippen LogP contribution < -0.4 is 5.73 Å². The lowest BCUT2D eigenvalue weighted by atomic mass is 9.94. The first-order valence-corrected chi connectivity index (χ1v) is 6.87. The minimum Gasteiger partial charge on any atom is -0.377 e. The topological polar surface area (TPSA) is 38.5 Å². The molecule has 2 N–H and O–H groups in total. The second-order valence-corrected chi connectivity index (χ2v) is 5.44. The van der Waals surface area contributed by atoms with Crippen LogP contribution in [0.2, 0.25) is 0 Å². The highest BCUT2D eigenvalue weighted by Crippen LogP contribution is 2.21. The van der Waals surface area contributed by atoms with E-state index in [0.29, 0.717) is 12.1 Å². The van der Waals surface area contributed by atoms with E-state index in [9.17, 15) is 0 Å². The summed E-state index contributed by atoms with van der Waals surface area (Å²) in [4.78, 5) is 2.50. The van der Waals surface area contributed by atoms with Crippen molar-refractivity contribution in [2.24, 2.45) is 11.7 Å². The molecule has 0 atom stereocenters. The molecule has 0 unspecified atom stereocenters. The van der Waals surface area contributed by atoms with Crippen molar-refractivity contribution in [3.63, 3.8) is 0 Å². The summed E-state index contributed by atoms with van der Waals surface area (Å²) < 4.78 is 5.91. The first kappa shape index (κ1) is 12.3. The highest BCUT2D eigenvalue weighted by atomic mass is 16.5. The molecule has 3 nitrogen and oxygen atoms in total. The number of nitrogens with zero attached hydrogens (tertiary/aromatic N) is 1. The third kappa shape index (κ3) is 3.44. The minimum atomic E-state index is 0.431. The van der Waals surface area contributed by atoms with Crippen LogP contribution in [0.4, 0.5) is 0 Å². The van der Waals surface area contributed by atoms with Crippen molar-refractivity contribution in [3.8, 4) is 0 Å². The van der Waals surface area contributed by atoms with Gasteiger partial charge in [0.2, 0.25) is 0 Å². The molecule has 0 amide bonds. The molecule has 1 heterocycles. The van der Waals surface area contributed by atoms with Crippen LogP contribution in [0, 0.1) is 5.92 Å². The molecule has 2 fully saturated rings. The molecule has 0 spiro atoms. The minimum absolute atomic E-state index is 0.431. The van der Waals surface area contributed by atoms with Crippen LogP contribution >= 0.6 is 0 Å². The molecule has 0 aromatic heterocycles. The van der Waals surface area contributed by atoms with Crippen molar-refractivity contribution >= 4 is 0 Å². The van der Waals surface area contributed by atoms with Gasteiger partial charge in [-0.3, -0.25) is 0 Å². The number of likely N-dealkylation sites (tertiary alicyclic amines) is 1. The maximum Gasteiger partial charge on any atom is 0.0597 e. The highest BCUT2D eigenvalue weighted by molar-refractivity contribution is 4.79. The van der Waals surface area contributed by atoms with Gasteiger partial charge in [0.05, 0.1) is 12.7 Å². The van der Waals surface area contributed by atoms with Crippen LogP contribution in [0.25, 0.3) is 0 Å². The molecular formula is C13H26N2O. The number of rotatable bonds is 5. The Labute approximate surface area is 99.3 Å². The van der Waals surface area contributed by atoms with Crippen molar-refractivity contribution < 1.29 is 4.74 Å². The molecule has 1 aliphatic heterocycles. The lowest BCUT2D eigenvalue weighted by molar-refractivity contribution is -0.00576. The van der Waals surface area contributed by atoms with Gasteiger partial charge >= 0.3 is 0 Å². The van der Waals surface area contributed by atoms with Crippen molar-refractivity contribution in [1.29, 1.82) is 0 Å². The Morgan fingerprint density at radius 2 is 1.88 bits per heavy atom. The quantitative estimate of drug-likeness (QED) is 0.774. The predicted octanol–water partition coefficient (Wildman–Crippen LogP) is 1.61. The van der Waals surface area contributed by atoms with E-state index in [2.05, 4.69) is 11.8 Å². The van der Waals surface area contributed by atoms with Crippen LogP contribution in [0.3, 0.4) is 0 Å². The summed E-state index contributed by atoms with van der Waals surface area (Å²) in [6.45, 7) is 6.89. The van der Waals surface area contributed by atoms with E-state index in [4.69, 9.17) is 10.5 Å². The Bertz CT molecular complexity index is 196. The van der Waals surface area contributed by atoms with Gasteiger partial charge in [0.25, 0.3) is 0 Å². The fourth-order valence-electron chi connectivity index (χ4n) is 2.72. The molecule has 2 aliphatic rings. The van der Waals surface area contributed by atoms with Gasteiger partial charge < -0.3 is 15.4 Å². The maximum atomic E-state index is 5.91. The van der Waals surface area contributed by atoms with Gasteiger partial charge in [-0.15, -0.1) is 0 Å². The zero-order chi connectivity index (χ0) is 11.4. The van der Waals surface area contributed by atoms with Gasteiger partial charge in [-0.2, -0.15) is 0 Å². The Balaban J connectivity index is 1.49. The summed E-state index contributed by atoms with van der Waals surface area (Å²) in [5.41, 5.74) is 5.87. The zero-order valence-corrected chi connectivity index (χ0v) is 10.5. The number of hydrogen-bond acceptors (Lipinski definition) is 3. The molecule has 3 heteroatoms. The number of nitrogens with two attached hydrogens (primary N) is 1. The molecule has 1 saturated carbocycles. The van der Waals surface area contributed by atoms with Crippen LogP contribution in [-0.2, 0) is 4.74 Å². The second kappa shape index (κ2) is 5.99. The van der Waals surface area contributed by atoms with Crippen LogP contribution in [0.5, 0.6) is 0 Å². The van der Waals surface area contributed by atoms with Crippen molar-refractivity contribution in [2.45, 2.75) is 51.2 Å². The molecule has 2 rings (SSSR count). The third-order valence-electron chi connectivity index (χ3n) is 4.09. The Kier molecular flexibility index (Phi) is 4.62. The lowest BCUT2D eigenvalue weighted by Gasteiger charge is -2.39. The van der Waals surface area contributed by atoms with Crippen LogP contribution in [0.1, 0.15) is 39.0 Å². The molecule has 0 aromatic rings. The average Bonchev–Trinajstić information content (AvgIpc) is 2.24. The van der Waals surface area contributed by atoms with Crippen molar-refractivity contribution in [3.05, 3.63) is 0 Å². The van der Waals surface area contributed by atoms with E-state index in [-0.39, 0.29) is 0 Å². The normalized spacial score (nSPS) is 32.6. The summed E-state index contributed by atoms with van der Waals surface area (Å²) in [6, 6.07) is 0.431. The van der Waals surface area contributed by atoms with Crippen molar-refractivity contribution in [1.82, 2.24) is 4.90 Å². The summed E-state index contributed by atoms with van der Waals surface area (Å²) in [5.74, 6) is 0.952. The molecule has 1 saturated heterocycles. The largest absolute Gasteiger partial charge is 0.377 e. The monoisotopic (exact) mass is 226 g/mol. The summed E-state index contributed by atoms with van der Waals surface area (Å²) in [6.07, 6.45) is 6.44. The van der Waals surface area contributed by atoms with E-state index in [1.807, 2.05) is 0 Å². The first-order valence-electron chi connectivity index (χ1n) is 6.87. The van der Waals surface area contributed by atoms with E-state index < -0.39 is 0 Å². The van der Waals surface area contributed by atoms with Gasteiger partial charge in [0.15, 0.2) is 0 Å². The zero-order valence-electron chi connectivity index (χ0n) is 10.5. The van der Waals surface area contributed by atoms with E-state index in [1.165, 1.54) is 32.4 Å². The molecule has 0 aromatic carbocycles. The Morgan fingerprint density at radius 1 is 1.19 bits per heavy atom. The van der Waals surface area contributed by atoms with Crippen molar-refractivity contribution in [2.75, 3.05) is 26.2 Å². The standard InChI is InChI=1S/C13H26N2O/c1-2-11-9-15(10-11)7-8-16-13-5-3-12(14)4-6-13/h11-13H,2-10,14H2,1H3. The maximum absolute atomic E-state index is 5.91. The first-order chi connectivity index (χ1) is 7.78. The Hall–Kier alpha value is -0.120. The fraction of sp³-hybridized carbons (Fsp3) is 1.00. The molecule has 16 heavy (non-hydrogen) atoms. The summed E-state index contributed by atoms with van der Waals surface area (Å²) >= 11 is 0. The van der Waals surface area contributed by atoms with Gasteiger partial charge in [-0.25, -0.2) is 0 Å². The van der Waals surface area contributed by atoms with Gasteiger partial charge in [-0.1, -0.05) is 13.3 Å². The van der Waals surface area contributed by atoms with Gasteiger partial charge in [0, 0.05) is 25.7 Å². The number of ether oxygens (including phenoxy) is 1. The molecular weight excluding hydrogens is 200 g/mol. The summed E-state index contributed by atoms with van der Waals surface area (Å²) in [5, 5.41) is 0. The predicted molar refractivity (Wildman–Crippen MR) is 66.4 cm³/mol. The summed E-state index contributed by atoms with van der Waals surface area (Å²) in [7, 11) is 0. The molecule has 0 bridgehead atoms.